The lowest BCUT2D eigenvalue weighted by atomic mass is 10.0. The Hall–Kier alpha value is -7.52. The van der Waals surface area contributed by atoms with Gasteiger partial charge in [0.05, 0.1) is 57.9 Å². The molecule has 2 aliphatic heterocycles. The summed E-state index contributed by atoms with van der Waals surface area (Å²) in [5.41, 5.74) is 21.6. The number of benzene rings is 4. The van der Waals surface area contributed by atoms with Crippen LogP contribution in [0.3, 0.4) is 0 Å². The van der Waals surface area contributed by atoms with Crippen molar-refractivity contribution >= 4 is 23.3 Å². The quantitative estimate of drug-likeness (QED) is 0.0762. The number of likely N-dealkylation sites (tertiary alicyclic amines) is 2. The van der Waals surface area contributed by atoms with Gasteiger partial charge in [-0.15, -0.1) is 0 Å². The van der Waals surface area contributed by atoms with Crippen molar-refractivity contribution in [2.45, 2.75) is 77.8 Å². The second kappa shape index (κ2) is 24.0. The number of nitrogens with two attached hydrogens (primary N) is 2. The Morgan fingerprint density at radius 2 is 0.833 bits per heavy atom. The number of imidazole rings is 2. The van der Waals surface area contributed by atoms with Crippen molar-refractivity contribution in [2.75, 3.05) is 63.0 Å². The molecule has 408 valence electrons. The Morgan fingerprint density at radius 3 is 1.15 bits per heavy atom. The van der Waals surface area contributed by atoms with Crippen LogP contribution in [0.25, 0.3) is 45.3 Å². The first-order valence-corrected chi connectivity index (χ1v) is 26.1. The van der Waals surface area contributed by atoms with Crippen LogP contribution in [0, 0.1) is 27.7 Å². The summed E-state index contributed by atoms with van der Waals surface area (Å²) < 4.78 is 83.5. The molecule has 0 atom stereocenters. The van der Waals surface area contributed by atoms with Gasteiger partial charge in [0, 0.05) is 99.3 Å². The molecule has 10 rings (SSSR count). The van der Waals surface area contributed by atoms with Crippen LogP contribution in [0.2, 0.25) is 0 Å². The van der Waals surface area contributed by atoms with Gasteiger partial charge in [0.25, 0.3) is 0 Å². The number of piperidine rings is 2. The normalized spacial score (nSPS) is 15.0. The van der Waals surface area contributed by atoms with Crippen molar-refractivity contribution in [2.24, 2.45) is 11.5 Å². The number of hydrogen-bond donors (Lipinski definition) is 4. The molecule has 20 heteroatoms. The van der Waals surface area contributed by atoms with E-state index in [-0.39, 0.29) is 12.1 Å². The van der Waals surface area contributed by atoms with E-state index in [0.717, 1.165) is 134 Å². The van der Waals surface area contributed by atoms with Crippen molar-refractivity contribution in [1.29, 1.82) is 0 Å². The SMILES string of the molecule is Cc1cc(C)cc(Nc2nccc(-c3c(-c4ccc(C(F)(F)F)cc4)ncn3C3CCN(CCN)CC3)n2)c1.Cc1cc(C)cc(Nc2nccc(-c3c(-c4ccc(C(F)(F)F)cc4)ncn3C3CCN(CCN)CC3)n2)c1. The van der Waals surface area contributed by atoms with E-state index < -0.39 is 23.5 Å². The first-order valence-electron chi connectivity index (χ1n) is 26.1. The Kier molecular flexibility index (Phi) is 17.0. The molecule has 2 fully saturated rings. The molecular weight excluding hydrogens is 1010 g/mol. The van der Waals surface area contributed by atoms with Crippen molar-refractivity contribution in [3.63, 3.8) is 0 Å². The molecule has 0 radical (unpaired) electrons. The average Bonchev–Trinajstić information content (AvgIpc) is 4.16. The largest absolute Gasteiger partial charge is 0.416 e. The van der Waals surface area contributed by atoms with Crippen LogP contribution in [0.15, 0.2) is 122 Å². The summed E-state index contributed by atoms with van der Waals surface area (Å²) in [5, 5.41) is 6.59. The first-order chi connectivity index (χ1) is 37.4. The summed E-state index contributed by atoms with van der Waals surface area (Å²) in [7, 11) is 0. The van der Waals surface area contributed by atoms with E-state index in [1.807, 2.05) is 64.1 Å². The van der Waals surface area contributed by atoms with Crippen LogP contribution >= 0.6 is 0 Å². The second-order valence-electron chi connectivity index (χ2n) is 20.1. The highest BCUT2D eigenvalue weighted by atomic mass is 19.4. The van der Waals surface area contributed by atoms with E-state index in [1.54, 1.807) is 25.0 Å². The minimum absolute atomic E-state index is 0.176. The molecule has 0 spiro atoms. The minimum Gasteiger partial charge on any atom is -0.329 e. The lowest BCUT2D eigenvalue weighted by Crippen LogP contribution is -2.37. The molecule has 0 bridgehead atoms. The highest BCUT2D eigenvalue weighted by molar-refractivity contribution is 5.79. The summed E-state index contributed by atoms with van der Waals surface area (Å²) in [6, 6.07) is 26.5. The van der Waals surface area contributed by atoms with Gasteiger partial charge in [0.1, 0.15) is 0 Å². The van der Waals surface area contributed by atoms with Gasteiger partial charge in [-0.05, 0) is 136 Å². The number of nitrogens with zero attached hydrogens (tertiary/aromatic N) is 10. The van der Waals surface area contributed by atoms with Crippen molar-refractivity contribution in [1.82, 2.24) is 48.8 Å². The summed E-state index contributed by atoms with van der Waals surface area (Å²) in [6.07, 6.45) is 1.77. The first kappa shape index (κ1) is 55.2. The summed E-state index contributed by atoms with van der Waals surface area (Å²) in [4.78, 5) is 32.6. The number of nitrogens with one attached hydrogen (secondary N) is 2. The minimum atomic E-state index is -4.40. The van der Waals surface area contributed by atoms with Gasteiger partial charge in [-0.3, -0.25) is 0 Å². The maximum atomic E-state index is 13.2. The number of anilines is 4. The second-order valence-corrected chi connectivity index (χ2v) is 20.1. The molecule has 0 unspecified atom stereocenters. The van der Waals surface area contributed by atoms with Crippen LogP contribution in [0.5, 0.6) is 0 Å². The number of aromatic nitrogens is 8. The topological polar surface area (TPSA) is 170 Å². The Morgan fingerprint density at radius 1 is 0.487 bits per heavy atom. The maximum Gasteiger partial charge on any atom is 0.416 e. The fourth-order valence-corrected chi connectivity index (χ4v) is 10.5. The number of alkyl halides is 6. The van der Waals surface area contributed by atoms with Gasteiger partial charge in [-0.1, -0.05) is 36.4 Å². The van der Waals surface area contributed by atoms with E-state index in [1.165, 1.54) is 24.3 Å². The lowest BCUT2D eigenvalue weighted by molar-refractivity contribution is -0.138. The molecular formula is C58H64F6N14. The van der Waals surface area contributed by atoms with Gasteiger partial charge in [0.15, 0.2) is 0 Å². The summed E-state index contributed by atoms with van der Waals surface area (Å²) >= 11 is 0. The van der Waals surface area contributed by atoms with E-state index in [2.05, 4.69) is 61.6 Å². The maximum absolute atomic E-state index is 13.2. The molecule has 0 saturated carbocycles. The lowest BCUT2D eigenvalue weighted by Gasteiger charge is -2.33. The van der Waals surface area contributed by atoms with Gasteiger partial charge in [0.2, 0.25) is 11.9 Å². The van der Waals surface area contributed by atoms with Crippen LogP contribution in [-0.4, -0.2) is 101 Å². The van der Waals surface area contributed by atoms with Gasteiger partial charge >= 0.3 is 12.4 Å². The Balaban J connectivity index is 0.000000190. The number of rotatable bonds is 14. The van der Waals surface area contributed by atoms with E-state index in [0.29, 0.717) is 58.9 Å². The van der Waals surface area contributed by atoms with Crippen molar-refractivity contribution in [3.05, 3.63) is 155 Å². The van der Waals surface area contributed by atoms with Crippen molar-refractivity contribution in [3.8, 4) is 45.3 Å². The smallest absolute Gasteiger partial charge is 0.329 e. The van der Waals surface area contributed by atoms with E-state index in [9.17, 15) is 26.3 Å². The standard InChI is InChI=1S/2C29H32F3N7/c2*1-19-15-20(2)17-23(16-19)36-28-34-11-7-25(37-28)27-26(21-3-5-22(6-4-21)29(30,31)32)35-18-39(27)24-8-12-38(13-9-24)14-10-33/h2*3-7,11,15-18,24H,8-10,12-14,33H2,1-2H3,(H,34,36,37). The zero-order valence-electron chi connectivity index (χ0n) is 44.1. The van der Waals surface area contributed by atoms with Crippen LogP contribution in [0.1, 0.15) is 71.1 Å². The molecule has 6 heterocycles. The zero-order valence-corrected chi connectivity index (χ0v) is 44.1. The molecule has 4 aromatic carbocycles. The molecule has 4 aromatic heterocycles. The van der Waals surface area contributed by atoms with Gasteiger partial charge in [-0.2, -0.15) is 26.3 Å². The summed E-state index contributed by atoms with van der Waals surface area (Å²) in [5.74, 6) is 0.864. The van der Waals surface area contributed by atoms with Crippen LogP contribution < -0.4 is 22.1 Å². The van der Waals surface area contributed by atoms with Crippen LogP contribution in [0.4, 0.5) is 49.6 Å². The third-order valence-electron chi connectivity index (χ3n) is 14.1. The third-order valence-corrected chi connectivity index (χ3v) is 14.1. The predicted octanol–water partition coefficient (Wildman–Crippen LogP) is 12.0. The number of aryl methyl sites for hydroxylation is 4. The summed E-state index contributed by atoms with van der Waals surface area (Å²) in [6.45, 7) is 14.7. The molecule has 0 aliphatic carbocycles. The molecule has 14 nitrogen and oxygen atoms in total. The van der Waals surface area contributed by atoms with Gasteiger partial charge < -0.3 is 41.0 Å². The van der Waals surface area contributed by atoms with Crippen LogP contribution in [-0.2, 0) is 12.4 Å². The third kappa shape index (κ3) is 13.4. The monoisotopic (exact) mass is 1070 g/mol. The molecule has 6 N–H and O–H groups in total. The van der Waals surface area contributed by atoms with Gasteiger partial charge in [-0.25, -0.2) is 29.9 Å². The fraction of sp³-hybridized carbons (Fsp3) is 0.345. The fourth-order valence-electron chi connectivity index (χ4n) is 10.5. The molecule has 78 heavy (non-hydrogen) atoms. The Bertz CT molecular complexity index is 3020. The average molecular weight is 1070 g/mol. The van der Waals surface area contributed by atoms with E-state index >= 15 is 0 Å². The predicted molar refractivity (Wildman–Crippen MR) is 293 cm³/mol. The number of hydrogen-bond acceptors (Lipinski definition) is 12. The molecule has 2 aliphatic rings. The Labute approximate surface area is 450 Å². The van der Waals surface area contributed by atoms with Crippen molar-refractivity contribution < 1.29 is 26.3 Å². The van der Waals surface area contributed by atoms with E-state index in [4.69, 9.17) is 21.4 Å². The molecule has 8 aromatic rings. The zero-order chi connectivity index (χ0) is 55.1. The molecule has 0 amide bonds. The highest BCUT2D eigenvalue weighted by Gasteiger charge is 2.33. The molecule has 2 saturated heterocycles. The number of halogens is 6. The highest BCUT2D eigenvalue weighted by Crippen LogP contribution is 2.40.